The quantitative estimate of drug-likeness (QED) is 0.528. The van der Waals surface area contributed by atoms with Crippen molar-refractivity contribution in [1.29, 1.82) is 0 Å². The fourth-order valence-electron chi connectivity index (χ4n) is 2.47. The van der Waals surface area contributed by atoms with Crippen LogP contribution in [0.15, 0.2) is 50.2 Å². The lowest BCUT2D eigenvalue weighted by Crippen LogP contribution is -2.05. The van der Waals surface area contributed by atoms with E-state index in [1.807, 2.05) is 13.0 Å². The number of methoxy groups -OCH3 is 1. The SMILES string of the molecule is CCc1cc(=O)oc2cc(OCc3ccoc3C(=O)OC)ccc12. The first-order chi connectivity index (χ1) is 11.6. The van der Waals surface area contributed by atoms with Crippen LogP contribution >= 0.6 is 0 Å². The minimum absolute atomic E-state index is 0.109. The Balaban J connectivity index is 1.85. The molecule has 0 fully saturated rings. The highest BCUT2D eigenvalue weighted by Crippen LogP contribution is 2.24. The van der Waals surface area contributed by atoms with Crippen molar-refractivity contribution in [2.75, 3.05) is 7.11 Å². The van der Waals surface area contributed by atoms with Crippen LogP contribution in [0.4, 0.5) is 0 Å². The van der Waals surface area contributed by atoms with E-state index in [9.17, 15) is 9.59 Å². The summed E-state index contributed by atoms with van der Waals surface area (Å²) in [6.07, 6.45) is 2.14. The second kappa shape index (κ2) is 6.62. The minimum Gasteiger partial charge on any atom is -0.489 e. The molecule has 2 heterocycles. The standard InChI is InChI=1S/C18H16O6/c1-3-11-8-16(19)24-15-9-13(4-5-14(11)15)23-10-12-6-7-22-17(12)18(20)21-2/h4-9H,3,10H2,1-2H3. The summed E-state index contributed by atoms with van der Waals surface area (Å²) in [4.78, 5) is 23.2. The molecule has 0 unspecified atom stereocenters. The normalized spacial score (nSPS) is 10.8. The predicted octanol–water partition coefficient (Wildman–Crippen LogP) is 3.31. The Morgan fingerprint density at radius 3 is 2.75 bits per heavy atom. The van der Waals surface area contributed by atoms with E-state index in [0.29, 0.717) is 16.9 Å². The van der Waals surface area contributed by atoms with Crippen LogP contribution in [0.2, 0.25) is 0 Å². The average molecular weight is 328 g/mol. The van der Waals surface area contributed by atoms with E-state index in [2.05, 4.69) is 4.74 Å². The Hall–Kier alpha value is -3.02. The van der Waals surface area contributed by atoms with Gasteiger partial charge in [0.15, 0.2) is 0 Å². The van der Waals surface area contributed by atoms with Crippen molar-refractivity contribution in [2.24, 2.45) is 0 Å². The Bertz CT molecular complexity index is 934. The molecule has 0 spiro atoms. The number of fused-ring (bicyclic) bond motifs is 1. The topological polar surface area (TPSA) is 78.9 Å². The molecular formula is C18H16O6. The zero-order valence-electron chi connectivity index (χ0n) is 13.3. The Kier molecular flexibility index (Phi) is 4.37. The summed E-state index contributed by atoms with van der Waals surface area (Å²) in [7, 11) is 1.28. The number of aryl methyl sites for hydroxylation is 1. The highest BCUT2D eigenvalue weighted by molar-refractivity contribution is 5.87. The summed E-state index contributed by atoms with van der Waals surface area (Å²) in [5.74, 6) is 0.0738. The van der Waals surface area contributed by atoms with Gasteiger partial charge < -0.3 is 18.3 Å². The second-order valence-electron chi connectivity index (χ2n) is 5.16. The van der Waals surface area contributed by atoms with Gasteiger partial charge in [0.05, 0.1) is 13.4 Å². The molecule has 124 valence electrons. The zero-order chi connectivity index (χ0) is 17.1. The summed E-state index contributed by atoms with van der Waals surface area (Å²) in [6, 6.07) is 8.44. The molecule has 1 aromatic carbocycles. The first kappa shape index (κ1) is 15.9. The fourth-order valence-corrected chi connectivity index (χ4v) is 2.47. The van der Waals surface area contributed by atoms with Gasteiger partial charge in [0.1, 0.15) is 17.9 Å². The molecule has 0 radical (unpaired) electrons. The van der Waals surface area contributed by atoms with Gasteiger partial charge in [-0.05, 0) is 30.2 Å². The van der Waals surface area contributed by atoms with Crippen LogP contribution < -0.4 is 10.4 Å². The Labute approximate surface area is 137 Å². The second-order valence-corrected chi connectivity index (χ2v) is 5.16. The number of esters is 1. The smallest absolute Gasteiger partial charge is 0.374 e. The van der Waals surface area contributed by atoms with Gasteiger partial charge in [-0.3, -0.25) is 0 Å². The third kappa shape index (κ3) is 3.03. The molecule has 0 atom stereocenters. The van der Waals surface area contributed by atoms with Gasteiger partial charge >= 0.3 is 11.6 Å². The van der Waals surface area contributed by atoms with Crippen molar-refractivity contribution in [1.82, 2.24) is 0 Å². The molecule has 24 heavy (non-hydrogen) atoms. The molecule has 0 aliphatic heterocycles. The van der Waals surface area contributed by atoms with Gasteiger partial charge in [0, 0.05) is 23.1 Å². The van der Waals surface area contributed by atoms with E-state index in [1.54, 1.807) is 18.2 Å². The van der Waals surface area contributed by atoms with E-state index in [1.165, 1.54) is 19.4 Å². The van der Waals surface area contributed by atoms with Crippen molar-refractivity contribution >= 4 is 16.9 Å². The van der Waals surface area contributed by atoms with Crippen LogP contribution in [0.25, 0.3) is 11.0 Å². The molecule has 0 bridgehead atoms. The van der Waals surface area contributed by atoms with Gasteiger partial charge in [-0.1, -0.05) is 6.92 Å². The molecular weight excluding hydrogens is 312 g/mol. The average Bonchev–Trinajstić information content (AvgIpc) is 3.06. The van der Waals surface area contributed by atoms with Gasteiger partial charge in [-0.2, -0.15) is 0 Å². The molecule has 3 rings (SSSR count). The predicted molar refractivity (Wildman–Crippen MR) is 86.2 cm³/mol. The maximum Gasteiger partial charge on any atom is 0.374 e. The van der Waals surface area contributed by atoms with Crippen molar-refractivity contribution < 1.29 is 23.1 Å². The summed E-state index contributed by atoms with van der Waals surface area (Å²) in [6.45, 7) is 2.11. The summed E-state index contributed by atoms with van der Waals surface area (Å²) < 4.78 is 20.7. The van der Waals surface area contributed by atoms with E-state index in [4.69, 9.17) is 13.6 Å². The van der Waals surface area contributed by atoms with Gasteiger partial charge in [0.25, 0.3) is 0 Å². The third-order valence-corrected chi connectivity index (χ3v) is 3.69. The van der Waals surface area contributed by atoms with Crippen LogP contribution in [0.3, 0.4) is 0 Å². The molecule has 0 aliphatic carbocycles. The van der Waals surface area contributed by atoms with Crippen molar-refractivity contribution in [3.05, 3.63) is 63.9 Å². The number of hydrogen-bond donors (Lipinski definition) is 0. The van der Waals surface area contributed by atoms with Crippen LogP contribution in [0, 0.1) is 0 Å². The van der Waals surface area contributed by atoms with Gasteiger partial charge in [0.2, 0.25) is 5.76 Å². The summed E-state index contributed by atoms with van der Waals surface area (Å²) in [5, 5.41) is 0.878. The first-order valence-electron chi connectivity index (χ1n) is 7.46. The fraction of sp³-hybridized carbons (Fsp3) is 0.222. The van der Waals surface area contributed by atoms with Crippen molar-refractivity contribution in [3.8, 4) is 5.75 Å². The number of benzene rings is 1. The van der Waals surface area contributed by atoms with E-state index in [-0.39, 0.29) is 18.0 Å². The van der Waals surface area contributed by atoms with Gasteiger partial charge in [-0.15, -0.1) is 0 Å². The molecule has 6 heteroatoms. The molecule has 0 saturated carbocycles. The van der Waals surface area contributed by atoms with Crippen molar-refractivity contribution in [3.63, 3.8) is 0 Å². The lowest BCUT2D eigenvalue weighted by atomic mass is 10.1. The highest BCUT2D eigenvalue weighted by Gasteiger charge is 2.16. The largest absolute Gasteiger partial charge is 0.489 e. The first-order valence-corrected chi connectivity index (χ1v) is 7.46. The van der Waals surface area contributed by atoms with Gasteiger partial charge in [-0.25, -0.2) is 9.59 Å². The molecule has 0 aliphatic rings. The third-order valence-electron chi connectivity index (χ3n) is 3.69. The molecule has 3 aromatic rings. The Morgan fingerprint density at radius 1 is 1.17 bits per heavy atom. The number of carbonyl (C=O) groups excluding carboxylic acids is 1. The zero-order valence-corrected chi connectivity index (χ0v) is 13.3. The van der Waals surface area contributed by atoms with Crippen LogP contribution in [-0.4, -0.2) is 13.1 Å². The monoisotopic (exact) mass is 328 g/mol. The lowest BCUT2D eigenvalue weighted by Gasteiger charge is -2.08. The van der Waals surface area contributed by atoms with Crippen LogP contribution in [0.1, 0.15) is 28.6 Å². The Morgan fingerprint density at radius 2 is 2.00 bits per heavy atom. The summed E-state index contributed by atoms with van der Waals surface area (Å²) in [5.41, 5.74) is 1.58. The van der Waals surface area contributed by atoms with Crippen molar-refractivity contribution in [2.45, 2.75) is 20.0 Å². The van der Waals surface area contributed by atoms with Crippen LogP contribution in [0.5, 0.6) is 5.75 Å². The molecule has 6 nitrogen and oxygen atoms in total. The van der Waals surface area contributed by atoms with E-state index >= 15 is 0 Å². The molecule has 2 aromatic heterocycles. The molecule has 0 amide bonds. The highest BCUT2D eigenvalue weighted by atomic mass is 16.5. The van der Waals surface area contributed by atoms with E-state index in [0.717, 1.165) is 17.4 Å². The maximum atomic E-state index is 11.6. The maximum absolute atomic E-state index is 11.6. The molecule has 0 N–H and O–H groups in total. The summed E-state index contributed by atoms with van der Waals surface area (Å²) >= 11 is 0. The van der Waals surface area contributed by atoms with E-state index < -0.39 is 5.97 Å². The minimum atomic E-state index is -0.560. The number of rotatable bonds is 5. The number of hydrogen-bond acceptors (Lipinski definition) is 6. The number of furan rings is 1. The number of ether oxygens (including phenoxy) is 2. The molecule has 0 saturated heterocycles. The lowest BCUT2D eigenvalue weighted by molar-refractivity contribution is 0.0561. The van der Waals surface area contributed by atoms with Crippen LogP contribution in [-0.2, 0) is 17.8 Å². The number of carbonyl (C=O) groups is 1.